The Kier molecular flexibility index (Phi) is 1.78. The smallest absolute Gasteiger partial charge is 0.243 e. The van der Waals surface area contributed by atoms with Gasteiger partial charge in [-0.15, -0.1) is 0 Å². The van der Waals surface area contributed by atoms with E-state index < -0.39 is 5.54 Å². The molecule has 3 N–H and O–H groups in total. The van der Waals surface area contributed by atoms with Gasteiger partial charge in [0.2, 0.25) is 11.8 Å². The first-order valence-electron chi connectivity index (χ1n) is 4.76. The van der Waals surface area contributed by atoms with E-state index in [4.69, 9.17) is 5.73 Å². The van der Waals surface area contributed by atoms with E-state index in [1.807, 2.05) is 0 Å². The van der Waals surface area contributed by atoms with Gasteiger partial charge in [0.05, 0.1) is 0 Å². The highest BCUT2D eigenvalue weighted by Crippen LogP contribution is 2.36. The van der Waals surface area contributed by atoms with Crippen molar-refractivity contribution in [2.45, 2.75) is 37.6 Å². The molecule has 0 aliphatic heterocycles. The molecule has 72 valence electrons. The van der Waals surface area contributed by atoms with Gasteiger partial charge < -0.3 is 11.1 Å². The number of nitrogens with one attached hydrogen (secondary N) is 1. The van der Waals surface area contributed by atoms with Gasteiger partial charge >= 0.3 is 0 Å². The highest BCUT2D eigenvalue weighted by Gasteiger charge is 2.50. The van der Waals surface area contributed by atoms with Crippen molar-refractivity contribution in [3.05, 3.63) is 0 Å². The van der Waals surface area contributed by atoms with E-state index in [0.29, 0.717) is 12.8 Å². The van der Waals surface area contributed by atoms with Crippen molar-refractivity contribution in [2.75, 3.05) is 0 Å². The van der Waals surface area contributed by atoms with E-state index in [0.717, 1.165) is 19.3 Å². The van der Waals surface area contributed by atoms with Crippen molar-refractivity contribution in [1.82, 2.24) is 5.32 Å². The third-order valence-corrected chi connectivity index (χ3v) is 3.06. The van der Waals surface area contributed by atoms with Gasteiger partial charge in [0.15, 0.2) is 0 Å². The summed E-state index contributed by atoms with van der Waals surface area (Å²) in [5.74, 6) is -0.237. The Balaban J connectivity index is 1.90. The van der Waals surface area contributed by atoms with Crippen LogP contribution in [0.5, 0.6) is 0 Å². The second-order valence-corrected chi connectivity index (χ2v) is 4.06. The molecule has 2 amide bonds. The minimum absolute atomic E-state index is 0.0163. The third-order valence-electron chi connectivity index (χ3n) is 3.06. The number of hydrogen-bond donors (Lipinski definition) is 2. The molecule has 2 fully saturated rings. The first-order valence-corrected chi connectivity index (χ1v) is 4.76. The average molecular weight is 182 g/mol. The number of hydrogen-bond acceptors (Lipinski definition) is 2. The van der Waals surface area contributed by atoms with Crippen molar-refractivity contribution in [3.63, 3.8) is 0 Å². The van der Waals surface area contributed by atoms with E-state index in [2.05, 4.69) is 5.32 Å². The molecule has 2 aliphatic rings. The molecule has 0 aromatic heterocycles. The molecule has 2 aliphatic carbocycles. The van der Waals surface area contributed by atoms with Crippen LogP contribution in [-0.4, -0.2) is 17.4 Å². The maximum atomic E-state index is 11.5. The quantitative estimate of drug-likeness (QED) is 0.640. The predicted molar refractivity (Wildman–Crippen MR) is 46.6 cm³/mol. The van der Waals surface area contributed by atoms with E-state index >= 15 is 0 Å². The molecule has 0 saturated heterocycles. The Morgan fingerprint density at radius 3 is 2.23 bits per heavy atom. The van der Waals surface area contributed by atoms with Crippen molar-refractivity contribution in [1.29, 1.82) is 0 Å². The number of rotatable bonds is 3. The number of amides is 2. The zero-order chi connectivity index (χ0) is 9.47. The van der Waals surface area contributed by atoms with Gasteiger partial charge in [0, 0.05) is 5.92 Å². The lowest BCUT2D eigenvalue weighted by Gasteiger charge is -2.26. The molecule has 2 rings (SSSR count). The molecule has 13 heavy (non-hydrogen) atoms. The number of nitrogens with two attached hydrogens (primary N) is 1. The minimum Gasteiger partial charge on any atom is -0.368 e. The van der Waals surface area contributed by atoms with Crippen molar-refractivity contribution >= 4 is 11.8 Å². The van der Waals surface area contributed by atoms with Gasteiger partial charge in [-0.2, -0.15) is 0 Å². The summed E-state index contributed by atoms with van der Waals surface area (Å²) in [6, 6.07) is 0. The summed E-state index contributed by atoms with van der Waals surface area (Å²) in [6.07, 6.45) is 4.46. The van der Waals surface area contributed by atoms with Crippen LogP contribution in [0.2, 0.25) is 0 Å². The van der Waals surface area contributed by atoms with Gasteiger partial charge in [-0.25, -0.2) is 0 Å². The van der Waals surface area contributed by atoms with Crippen LogP contribution in [0.15, 0.2) is 0 Å². The largest absolute Gasteiger partial charge is 0.368 e. The van der Waals surface area contributed by atoms with Crippen LogP contribution in [0.25, 0.3) is 0 Å². The molecule has 0 atom stereocenters. The zero-order valence-corrected chi connectivity index (χ0v) is 7.51. The molecule has 0 radical (unpaired) electrons. The molecule has 0 heterocycles. The van der Waals surface area contributed by atoms with Gasteiger partial charge in [0.25, 0.3) is 0 Å². The summed E-state index contributed by atoms with van der Waals surface area (Å²) in [6.45, 7) is 0. The normalized spacial score (nSPS) is 24.6. The van der Waals surface area contributed by atoms with E-state index in [-0.39, 0.29) is 17.7 Å². The fourth-order valence-electron chi connectivity index (χ4n) is 1.57. The van der Waals surface area contributed by atoms with Crippen molar-refractivity contribution < 1.29 is 9.59 Å². The Morgan fingerprint density at radius 1 is 1.31 bits per heavy atom. The van der Waals surface area contributed by atoms with Crippen molar-refractivity contribution in [3.8, 4) is 0 Å². The zero-order valence-electron chi connectivity index (χ0n) is 7.51. The fourth-order valence-corrected chi connectivity index (χ4v) is 1.57. The van der Waals surface area contributed by atoms with Crippen LogP contribution in [0.4, 0.5) is 0 Å². The Labute approximate surface area is 76.9 Å². The lowest BCUT2D eigenvalue weighted by Crippen LogP contribution is -2.49. The number of carbonyl (C=O) groups excluding carboxylic acids is 2. The fraction of sp³-hybridized carbons (Fsp3) is 0.778. The van der Waals surface area contributed by atoms with Crippen LogP contribution in [0, 0.1) is 5.92 Å². The van der Waals surface area contributed by atoms with Gasteiger partial charge in [-0.05, 0) is 25.7 Å². The molecule has 0 spiro atoms. The van der Waals surface area contributed by atoms with Crippen LogP contribution >= 0.6 is 0 Å². The Bertz CT molecular complexity index is 254. The lowest BCUT2D eigenvalue weighted by molar-refractivity contribution is -0.132. The molecule has 4 nitrogen and oxygen atoms in total. The molecular formula is C9H14N2O2. The predicted octanol–water partition coefficient (Wildman–Crippen LogP) is -0.0794. The average Bonchev–Trinajstić information content (AvgIpc) is 2.64. The first-order chi connectivity index (χ1) is 6.14. The van der Waals surface area contributed by atoms with E-state index in [9.17, 15) is 9.59 Å². The third kappa shape index (κ3) is 1.41. The van der Waals surface area contributed by atoms with E-state index in [1.54, 1.807) is 0 Å². The number of carbonyl (C=O) groups is 2. The standard InChI is InChI=1S/C9H14N2O2/c10-8(13)9(4-5-9)11-7(12)6-2-1-3-6/h6H,1-5H2,(H2,10,13)(H,11,12). The molecular weight excluding hydrogens is 168 g/mol. The molecule has 0 bridgehead atoms. The summed E-state index contributed by atoms with van der Waals surface area (Å²) >= 11 is 0. The lowest BCUT2D eigenvalue weighted by atomic mass is 9.84. The summed E-state index contributed by atoms with van der Waals surface area (Å²) < 4.78 is 0. The SMILES string of the molecule is NC(=O)C1(NC(=O)C2CCC2)CC1. The summed E-state index contributed by atoms with van der Waals surface area (Å²) in [7, 11) is 0. The van der Waals surface area contributed by atoms with Crippen molar-refractivity contribution in [2.24, 2.45) is 11.7 Å². The van der Waals surface area contributed by atoms with Crippen LogP contribution in [0.1, 0.15) is 32.1 Å². The maximum Gasteiger partial charge on any atom is 0.243 e. The summed E-state index contributed by atoms with van der Waals surface area (Å²) in [4.78, 5) is 22.4. The molecule has 0 aromatic carbocycles. The molecule has 4 heteroatoms. The van der Waals surface area contributed by atoms with Crippen LogP contribution < -0.4 is 11.1 Å². The molecule has 0 unspecified atom stereocenters. The van der Waals surface area contributed by atoms with Gasteiger partial charge in [-0.1, -0.05) is 6.42 Å². The summed E-state index contributed by atoms with van der Waals surface area (Å²) in [5.41, 5.74) is 4.51. The number of primary amides is 1. The monoisotopic (exact) mass is 182 g/mol. The Morgan fingerprint density at radius 2 is 1.92 bits per heavy atom. The van der Waals surface area contributed by atoms with Gasteiger partial charge in [0.1, 0.15) is 5.54 Å². The topological polar surface area (TPSA) is 72.2 Å². The second-order valence-electron chi connectivity index (χ2n) is 4.06. The van der Waals surface area contributed by atoms with Gasteiger partial charge in [-0.3, -0.25) is 9.59 Å². The van der Waals surface area contributed by atoms with Crippen LogP contribution in [-0.2, 0) is 9.59 Å². The highest BCUT2D eigenvalue weighted by atomic mass is 16.2. The molecule has 0 aromatic rings. The second kappa shape index (κ2) is 2.72. The highest BCUT2D eigenvalue weighted by molar-refractivity contribution is 5.93. The summed E-state index contributed by atoms with van der Waals surface area (Å²) in [5, 5.41) is 2.76. The maximum absolute atomic E-state index is 11.5. The van der Waals surface area contributed by atoms with E-state index in [1.165, 1.54) is 0 Å². The minimum atomic E-state index is -0.674. The first kappa shape index (κ1) is 8.53. The van der Waals surface area contributed by atoms with Crippen LogP contribution in [0.3, 0.4) is 0 Å². The molecule has 2 saturated carbocycles. The Hall–Kier alpha value is -1.06.